The lowest BCUT2D eigenvalue weighted by Gasteiger charge is -2.17. The Kier molecular flexibility index (Phi) is 3.47. The van der Waals surface area contributed by atoms with Crippen molar-refractivity contribution in [2.24, 2.45) is 5.41 Å². The van der Waals surface area contributed by atoms with Gasteiger partial charge in [0.05, 0.1) is 0 Å². The van der Waals surface area contributed by atoms with E-state index < -0.39 is 4.84 Å². The Hall–Kier alpha value is 0.0500. The molecule has 0 aromatic heterocycles. The topological polar surface area (TPSA) is 29.1 Å². The van der Waals surface area contributed by atoms with Crippen LogP contribution < -0.4 is 5.32 Å². The fourth-order valence-corrected chi connectivity index (χ4v) is 1.95. The molecule has 0 aromatic carbocycles. The normalized spacial score (nSPS) is 26.4. The summed E-state index contributed by atoms with van der Waals surface area (Å²) in [4.78, 5) is 10.2. The Morgan fingerprint density at radius 2 is 2.15 bits per heavy atom. The first kappa shape index (κ1) is 11.1. The van der Waals surface area contributed by atoms with Gasteiger partial charge in [0.15, 0.2) is 4.84 Å². The van der Waals surface area contributed by atoms with E-state index in [0.29, 0.717) is 5.41 Å². The Bertz CT molecular complexity index is 204. The van der Waals surface area contributed by atoms with Gasteiger partial charge in [-0.2, -0.15) is 0 Å². The van der Waals surface area contributed by atoms with Crippen molar-refractivity contribution < 1.29 is 4.79 Å². The van der Waals surface area contributed by atoms with Crippen LogP contribution >= 0.6 is 23.2 Å². The zero-order chi connectivity index (χ0) is 10.1. The van der Waals surface area contributed by atoms with Crippen molar-refractivity contribution in [1.82, 2.24) is 5.32 Å². The maximum absolute atomic E-state index is 11.1. The van der Waals surface area contributed by atoms with Crippen molar-refractivity contribution in [3.05, 3.63) is 0 Å². The van der Waals surface area contributed by atoms with Crippen molar-refractivity contribution in [3.63, 3.8) is 0 Å². The molecule has 1 aliphatic carbocycles. The van der Waals surface area contributed by atoms with Gasteiger partial charge in [-0.25, -0.2) is 0 Å². The molecule has 0 radical (unpaired) electrons. The summed E-state index contributed by atoms with van der Waals surface area (Å²) in [5.74, 6) is -0.272. The van der Waals surface area contributed by atoms with E-state index in [0.717, 1.165) is 19.3 Å². The molecule has 1 aliphatic rings. The van der Waals surface area contributed by atoms with E-state index in [1.807, 2.05) is 0 Å². The molecular weight excluding hydrogens is 209 g/mol. The van der Waals surface area contributed by atoms with Crippen molar-refractivity contribution in [1.29, 1.82) is 0 Å². The van der Waals surface area contributed by atoms with Crippen LogP contribution in [0.5, 0.6) is 0 Å². The Labute approximate surface area is 89.0 Å². The predicted octanol–water partition coefficient (Wildman–Crippen LogP) is 2.49. The summed E-state index contributed by atoms with van der Waals surface area (Å²) in [6.45, 7) is 4.41. The minimum atomic E-state index is -0.941. The first-order chi connectivity index (χ1) is 5.91. The lowest BCUT2D eigenvalue weighted by atomic mass is 9.92. The second-order valence-corrected chi connectivity index (χ2v) is 5.51. The van der Waals surface area contributed by atoms with Gasteiger partial charge in [-0.15, -0.1) is 0 Å². The standard InChI is InChI=1S/C9H15Cl2NO/c1-9(2)4-3-6(5-9)12-8(13)7(10)11/h6-7H,3-5H2,1-2H3,(H,12,13). The van der Waals surface area contributed by atoms with Crippen molar-refractivity contribution >= 4 is 29.1 Å². The molecule has 76 valence electrons. The van der Waals surface area contributed by atoms with Crippen LogP contribution in [0.3, 0.4) is 0 Å². The first-order valence-corrected chi connectivity index (χ1v) is 5.36. The van der Waals surface area contributed by atoms with Gasteiger partial charge in [0.1, 0.15) is 0 Å². The molecular formula is C9H15Cl2NO. The first-order valence-electron chi connectivity index (χ1n) is 4.49. The Morgan fingerprint density at radius 1 is 1.54 bits per heavy atom. The lowest BCUT2D eigenvalue weighted by Crippen LogP contribution is -2.36. The van der Waals surface area contributed by atoms with Crippen LogP contribution in [0.1, 0.15) is 33.1 Å². The highest BCUT2D eigenvalue weighted by Crippen LogP contribution is 2.36. The molecule has 0 aromatic rings. The summed E-state index contributed by atoms with van der Waals surface area (Å²) in [5.41, 5.74) is 0.339. The highest BCUT2D eigenvalue weighted by atomic mass is 35.5. The summed E-state index contributed by atoms with van der Waals surface area (Å²) >= 11 is 10.9. The van der Waals surface area contributed by atoms with Gasteiger partial charge in [-0.3, -0.25) is 4.79 Å². The summed E-state index contributed by atoms with van der Waals surface area (Å²) in [7, 11) is 0. The summed E-state index contributed by atoms with van der Waals surface area (Å²) < 4.78 is 0. The van der Waals surface area contributed by atoms with E-state index in [9.17, 15) is 4.79 Å². The molecule has 1 N–H and O–H groups in total. The van der Waals surface area contributed by atoms with E-state index in [4.69, 9.17) is 23.2 Å². The van der Waals surface area contributed by atoms with Gasteiger partial charge in [-0.05, 0) is 24.7 Å². The van der Waals surface area contributed by atoms with E-state index in [1.165, 1.54) is 0 Å². The zero-order valence-corrected chi connectivity index (χ0v) is 9.45. The summed E-state index contributed by atoms with van der Waals surface area (Å²) in [6, 6.07) is 0.252. The second kappa shape index (κ2) is 4.05. The van der Waals surface area contributed by atoms with E-state index in [-0.39, 0.29) is 11.9 Å². The molecule has 13 heavy (non-hydrogen) atoms. The Morgan fingerprint density at radius 3 is 2.54 bits per heavy atom. The van der Waals surface area contributed by atoms with Crippen molar-refractivity contribution in [2.45, 2.75) is 44.0 Å². The minimum Gasteiger partial charge on any atom is -0.351 e. The fraction of sp³-hybridized carbons (Fsp3) is 0.889. The highest BCUT2D eigenvalue weighted by molar-refractivity contribution is 6.53. The SMILES string of the molecule is CC1(C)CCC(NC(=O)C(Cl)Cl)C1. The summed E-state index contributed by atoms with van der Waals surface area (Å²) in [5, 5.41) is 2.83. The molecule has 1 fully saturated rings. The average molecular weight is 224 g/mol. The van der Waals surface area contributed by atoms with Gasteiger partial charge >= 0.3 is 0 Å². The van der Waals surface area contributed by atoms with Crippen LogP contribution in [0.25, 0.3) is 0 Å². The number of rotatable bonds is 2. The third-order valence-corrected chi connectivity index (χ3v) is 2.91. The van der Waals surface area contributed by atoms with Crippen molar-refractivity contribution in [3.8, 4) is 0 Å². The fourth-order valence-electron chi connectivity index (χ4n) is 1.82. The van der Waals surface area contributed by atoms with Gasteiger partial charge in [-0.1, -0.05) is 37.0 Å². The van der Waals surface area contributed by atoms with Crippen LogP contribution in [0.4, 0.5) is 0 Å². The minimum absolute atomic E-state index is 0.252. The van der Waals surface area contributed by atoms with Gasteiger partial charge in [0.25, 0.3) is 5.91 Å². The highest BCUT2D eigenvalue weighted by Gasteiger charge is 2.32. The quantitative estimate of drug-likeness (QED) is 0.717. The van der Waals surface area contributed by atoms with Gasteiger partial charge in [0.2, 0.25) is 0 Å². The smallest absolute Gasteiger partial charge is 0.253 e. The van der Waals surface area contributed by atoms with Gasteiger partial charge in [0, 0.05) is 6.04 Å². The molecule has 0 saturated heterocycles. The predicted molar refractivity (Wildman–Crippen MR) is 55.1 cm³/mol. The van der Waals surface area contributed by atoms with Crippen LogP contribution in [0.2, 0.25) is 0 Å². The average Bonchev–Trinajstić information content (AvgIpc) is 2.30. The molecule has 1 amide bonds. The van der Waals surface area contributed by atoms with Crippen LogP contribution in [-0.4, -0.2) is 16.8 Å². The molecule has 1 unspecified atom stereocenters. The molecule has 0 spiro atoms. The van der Waals surface area contributed by atoms with Crippen molar-refractivity contribution in [2.75, 3.05) is 0 Å². The third kappa shape index (κ3) is 3.35. The molecule has 1 atom stereocenters. The van der Waals surface area contributed by atoms with E-state index in [1.54, 1.807) is 0 Å². The number of halogens is 2. The monoisotopic (exact) mass is 223 g/mol. The zero-order valence-electron chi connectivity index (χ0n) is 7.94. The molecule has 1 saturated carbocycles. The van der Waals surface area contributed by atoms with Crippen LogP contribution in [0.15, 0.2) is 0 Å². The van der Waals surface area contributed by atoms with E-state index >= 15 is 0 Å². The molecule has 0 bridgehead atoms. The number of carbonyl (C=O) groups is 1. The van der Waals surface area contributed by atoms with Crippen LogP contribution in [-0.2, 0) is 4.79 Å². The van der Waals surface area contributed by atoms with Gasteiger partial charge < -0.3 is 5.32 Å². The summed E-state index contributed by atoms with van der Waals surface area (Å²) in [6.07, 6.45) is 3.19. The third-order valence-electron chi connectivity index (χ3n) is 2.51. The molecule has 0 aliphatic heterocycles. The second-order valence-electron chi connectivity index (χ2n) is 4.41. The molecule has 4 heteroatoms. The molecule has 1 rings (SSSR count). The van der Waals surface area contributed by atoms with Crippen LogP contribution in [0, 0.1) is 5.41 Å². The van der Waals surface area contributed by atoms with E-state index in [2.05, 4.69) is 19.2 Å². The Balaban J connectivity index is 2.37. The lowest BCUT2D eigenvalue weighted by molar-refractivity contribution is -0.120. The molecule has 2 nitrogen and oxygen atoms in total. The number of amides is 1. The maximum Gasteiger partial charge on any atom is 0.253 e. The number of carbonyl (C=O) groups excluding carboxylic acids is 1. The largest absolute Gasteiger partial charge is 0.351 e. The molecule has 0 heterocycles. The number of hydrogen-bond acceptors (Lipinski definition) is 1. The number of alkyl halides is 2. The number of hydrogen-bond donors (Lipinski definition) is 1. The maximum atomic E-state index is 11.1. The number of nitrogens with one attached hydrogen (secondary N) is 1.